The number of fused-ring (bicyclic) bond motifs is 1. The summed E-state index contributed by atoms with van der Waals surface area (Å²) in [6.45, 7) is 7.31. The highest BCUT2D eigenvalue weighted by Crippen LogP contribution is 2.30. The highest BCUT2D eigenvalue weighted by molar-refractivity contribution is 5.87. The number of halogens is 1. The summed E-state index contributed by atoms with van der Waals surface area (Å²) in [5.41, 5.74) is 3.68. The van der Waals surface area contributed by atoms with Gasteiger partial charge >= 0.3 is 0 Å². The highest BCUT2D eigenvalue weighted by atomic mass is 19.1. The molecule has 5 rings (SSSR count). The molecule has 1 aromatic carbocycles. The largest absolute Gasteiger partial charge is 0.371 e. The van der Waals surface area contributed by atoms with Crippen molar-refractivity contribution in [2.24, 2.45) is 0 Å². The maximum atomic E-state index is 13.9. The molecule has 2 saturated heterocycles. The number of rotatable bonds is 6. The number of alkyl halides is 1. The molecule has 4 heterocycles. The van der Waals surface area contributed by atoms with E-state index in [1.165, 1.54) is 18.5 Å². The maximum Gasteiger partial charge on any atom is 0.229 e. The van der Waals surface area contributed by atoms with Gasteiger partial charge in [-0.25, -0.2) is 9.37 Å². The minimum atomic E-state index is -0.832. The third-order valence-electron chi connectivity index (χ3n) is 7.07. The van der Waals surface area contributed by atoms with Gasteiger partial charge in [-0.1, -0.05) is 0 Å². The summed E-state index contributed by atoms with van der Waals surface area (Å²) >= 11 is 0. The molecule has 0 aliphatic carbocycles. The molecule has 2 aliphatic heterocycles. The summed E-state index contributed by atoms with van der Waals surface area (Å²) in [5.74, 6) is 1.21. The van der Waals surface area contributed by atoms with Crippen molar-refractivity contribution in [3.63, 3.8) is 0 Å². The number of anilines is 4. The van der Waals surface area contributed by atoms with Crippen molar-refractivity contribution >= 4 is 34.3 Å². The zero-order chi connectivity index (χ0) is 23.8. The van der Waals surface area contributed by atoms with Crippen LogP contribution >= 0.6 is 0 Å². The molecule has 2 aliphatic rings. The van der Waals surface area contributed by atoms with Gasteiger partial charge in [0, 0.05) is 43.1 Å². The predicted octanol–water partition coefficient (Wildman–Crippen LogP) is 4.23. The SMILES string of the molecule is CC(C)n1cnc2c(Nc3ccc(N4CCC(N(C)C)CC4)cc3)nc(N3CCC(F)C3)nc21. The van der Waals surface area contributed by atoms with Gasteiger partial charge in [0.05, 0.1) is 12.9 Å². The van der Waals surface area contributed by atoms with Crippen LogP contribution in [-0.2, 0) is 0 Å². The van der Waals surface area contributed by atoms with Crippen LogP contribution in [0.25, 0.3) is 11.2 Å². The van der Waals surface area contributed by atoms with Crippen molar-refractivity contribution < 1.29 is 4.39 Å². The van der Waals surface area contributed by atoms with E-state index in [4.69, 9.17) is 9.97 Å². The van der Waals surface area contributed by atoms with Crippen molar-refractivity contribution in [1.82, 2.24) is 24.4 Å². The fraction of sp³-hybridized carbons (Fsp3) is 0.560. The standard InChI is InChI=1S/C25H35FN8/c1-17(2)34-16-27-22-23(29-25(30-24(22)34)33-12-9-18(26)15-33)28-19-5-7-21(8-6-19)32-13-10-20(11-14-32)31(3)4/h5-8,16-18,20H,9-15H2,1-4H3,(H,28,29,30). The summed E-state index contributed by atoms with van der Waals surface area (Å²) in [6, 6.07) is 9.39. The Balaban J connectivity index is 1.39. The molecule has 0 saturated carbocycles. The van der Waals surface area contributed by atoms with Crippen molar-refractivity contribution in [1.29, 1.82) is 0 Å². The fourth-order valence-electron chi connectivity index (χ4n) is 4.94. The number of nitrogens with zero attached hydrogens (tertiary/aromatic N) is 7. The van der Waals surface area contributed by atoms with Crippen LogP contribution in [0.4, 0.5) is 27.5 Å². The molecular weight excluding hydrogens is 431 g/mol. The number of benzene rings is 1. The van der Waals surface area contributed by atoms with Gasteiger partial charge in [-0.05, 0) is 71.5 Å². The van der Waals surface area contributed by atoms with Crippen molar-refractivity contribution in [2.45, 2.75) is 51.4 Å². The average molecular weight is 467 g/mol. The van der Waals surface area contributed by atoms with Crippen LogP contribution in [0.2, 0.25) is 0 Å². The summed E-state index contributed by atoms with van der Waals surface area (Å²) in [5, 5.41) is 3.45. The zero-order valence-corrected chi connectivity index (χ0v) is 20.6. The van der Waals surface area contributed by atoms with Gasteiger partial charge in [0.25, 0.3) is 0 Å². The van der Waals surface area contributed by atoms with E-state index in [2.05, 4.69) is 72.3 Å². The molecule has 2 aromatic heterocycles. The average Bonchev–Trinajstić information content (AvgIpc) is 3.46. The lowest BCUT2D eigenvalue weighted by atomic mass is 10.0. The molecular formula is C25H35FN8. The Kier molecular flexibility index (Phi) is 6.29. The van der Waals surface area contributed by atoms with Gasteiger partial charge < -0.3 is 24.6 Å². The third-order valence-corrected chi connectivity index (χ3v) is 7.07. The van der Waals surface area contributed by atoms with Crippen molar-refractivity contribution in [2.75, 3.05) is 55.4 Å². The van der Waals surface area contributed by atoms with Crippen LogP contribution in [0, 0.1) is 0 Å². The predicted molar refractivity (Wildman–Crippen MR) is 136 cm³/mol. The van der Waals surface area contributed by atoms with Gasteiger partial charge in [0.2, 0.25) is 5.95 Å². The molecule has 0 radical (unpaired) electrons. The van der Waals surface area contributed by atoms with Crippen LogP contribution in [0.5, 0.6) is 0 Å². The Labute approximate surface area is 200 Å². The minimum Gasteiger partial charge on any atom is -0.371 e. The number of imidazole rings is 1. The van der Waals surface area contributed by atoms with E-state index in [1.54, 1.807) is 6.33 Å². The molecule has 182 valence electrons. The summed E-state index contributed by atoms with van der Waals surface area (Å²) in [7, 11) is 4.33. The molecule has 0 amide bonds. The maximum absolute atomic E-state index is 13.9. The van der Waals surface area contributed by atoms with Gasteiger partial charge in [-0.2, -0.15) is 9.97 Å². The van der Waals surface area contributed by atoms with E-state index in [0.29, 0.717) is 37.3 Å². The molecule has 1 unspecified atom stereocenters. The molecule has 3 aromatic rings. The molecule has 1 N–H and O–H groups in total. The van der Waals surface area contributed by atoms with E-state index in [0.717, 1.165) is 29.9 Å². The topological polar surface area (TPSA) is 65.4 Å². The number of aromatic nitrogens is 4. The second-order valence-corrected chi connectivity index (χ2v) is 9.98. The zero-order valence-electron chi connectivity index (χ0n) is 20.6. The number of piperidine rings is 1. The van der Waals surface area contributed by atoms with E-state index in [1.807, 2.05) is 9.47 Å². The number of hydrogen-bond donors (Lipinski definition) is 1. The molecule has 8 nitrogen and oxygen atoms in total. The first-order valence-electron chi connectivity index (χ1n) is 12.3. The Hall–Kier alpha value is -2.94. The van der Waals surface area contributed by atoms with Gasteiger partial charge in [0.15, 0.2) is 17.0 Å². The van der Waals surface area contributed by atoms with Crippen LogP contribution < -0.4 is 15.1 Å². The fourth-order valence-corrected chi connectivity index (χ4v) is 4.94. The normalized spacial score (nSPS) is 19.7. The lowest BCUT2D eigenvalue weighted by molar-refractivity contribution is 0.249. The Morgan fingerprint density at radius 3 is 2.32 bits per heavy atom. The molecule has 0 spiro atoms. The minimum absolute atomic E-state index is 0.212. The molecule has 0 bridgehead atoms. The number of hydrogen-bond acceptors (Lipinski definition) is 7. The molecule has 9 heteroatoms. The van der Waals surface area contributed by atoms with Gasteiger partial charge in [-0.15, -0.1) is 0 Å². The quantitative estimate of drug-likeness (QED) is 0.583. The highest BCUT2D eigenvalue weighted by Gasteiger charge is 2.26. The van der Waals surface area contributed by atoms with E-state index in [9.17, 15) is 4.39 Å². The van der Waals surface area contributed by atoms with Crippen LogP contribution in [0.1, 0.15) is 39.2 Å². The third kappa shape index (κ3) is 4.53. The molecule has 2 fully saturated rings. The van der Waals surface area contributed by atoms with E-state index >= 15 is 0 Å². The number of nitrogens with one attached hydrogen (secondary N) is 1. The Morgan fingerprint density at radius 1 is 1.00 bits per heavy atom. The van der Waals surface area contributed by atoms with Gasteiger partial charge in [-0.3, -0.25) is 0 Å². The summed E-state index contributed by atoms with van der Waals surface area (Å²) in [4.78, 5) is 20.8. The lowest BCUT2D eigenvalue weighted by Crippen LogP contribution is -2.41. The first-order chi connectivity index (χ1) is 16.4. The second kappa shape index (κ2) is 9.37. The van der Waals surface area contributed by atoms with Crippen LogP contribution in [0.15, 0.2) is 30.6 Å². The summed E-state index contributed by atoms with van der Waals surface area (Å²) < 4.78 is 15.9. The van der Waals surface area contributed by atoms with E-state index in [-0.39, 0.29) is 6.04 Å². The van der Waals surface area contributed by atoms with Crippen LogP contribution in [0.3, 0.4) is 0 Å². The molecule has 1 atom stereocenters. The first kappa shape index (κ1) is 22.8. The Morgan fingerprint density at radius 2 is 1.71 bits per heavy atom. The molecule has 34 heavy (non-hydrogen) atoms. The smallest absolute Gasteiger partial charge is 0.229 e. The van der Waals surface area contributed by atoms with Gasteiger partial charge in [0.1, 0.15) is 6.17 Å². The van der Waals surface area contributed by atoms with Crippen LogP contribution in [-0.4, -0.2) is 76.9 Å². The monoisotopic (exact) mass is 466 g/mol. The Bertz CT molecular complexity index is 1120. The lowest BCUT2D eigenvalue weighted by Gasteiger charge is -2.36. The van der Waals surface area contributed by atoms with Crippen molar-refractivity contribution in [3.05, 3.63) is 30.6 Å². The second-order valence-electron chi connectivity index (χ2n) is 9.98. The van der Waals surface area contributed by atoms with E-state index < -0.39 is 6.17 Å². The summed E-state index contributed by atoms with van der Waals surface area (Å²) in [6.07, 6.45) is 3.86. The van der Waals surface area contributed by atoms with Crippen molar-refractivity contribution in [3.8, 4) is 0 Å². The first-order valence-corrected chi connectivity index (χ1v) is 12.3.